The number of hydrogen-bond donors (Lipinski definition) is 1. The highest BCUT2D eigenvalue weighted by molar-refractivity contribution is 7.99. The van der Waals surface area contributed by atoms with Crippen LogP contribution in [0.3, 0.4) is 0 Å². The number of aryl methyl sites for hydroxylation is 1. The van der Waals surface area contributed by atoms with Crippen molar-refractivity contribution < 1.29 is 14.2 Å². The molecule has 0 bridgehead atoms. The Morgan fingerprint density at radius 1 is 0.929 bits per heavy atom. The van der Waals surface area contributed by atoms with E-state index in [2.05, 4.69) is 27.9 Å². The van der Waals surface area contributed by atoms with Crippen LogP contribution in [0.5, 0.6) is 23.3 Å². The lowest BCUT2D eigenvalue weighted by molar-refractivity contribution is 0.338. The second kappa shape index (κ2) is 7.82. The first kappa shape index (κ1) is 18.2. The fourth-order valence-corrected chi connectivity index (χ4v) is 3.78. The van der Waals surface area contributed by atoms with Crippen molar-refractivity contribution in [2.24, 2.45) is 0 Å². The molecule has 28 heavy (non-hydrogen) atoms. The van der Waals surface area contributed by atoms with Gasteiger partial charge in [0, 0.05) is 22.2 Å². The molecule has 4 aromatic rings. The van der Waals surface area contributed by atoms with Gasteiger partial charge in [0.1, 0.15) is 0 Å². The van der Waals surface area contributed by atoms with E-state index in [1.807, 2.05) is 36.4 Å². The summed E-state index contributed by atoms with van der Waals surface area (Å²) in [6.45, 7) is 2.06. The predicted molar refractivity (Wildman–Crippen MR) is 109 cm³/mol. The zero-order chi connectivity index (χ0) is 19.5. The number of fused-ring (bicyclic) bond motifs is 1. The summed E-state index contributed by atoms with van der Waals surface area (Å²) < 4.78 is 16.8. The maximum atomic E-state index is 5.99. The van der Waals surface area contributed by atoms with Gasteiger partial charge in [0.05, 0.1) is 25.3 Å². The van der Waals surface area contributed by atoms with E-state index in [4.69, 9.17) is 14.2 Å². The normalized spacial score (nSPS) is 10.8. The number of hydrogen-bond acceptors (Lipinski definition) is 6. The SMILES string of the molecule is COc1cccc(OC)c1Oc1nc2c(C)c(Sc3ccncc3)ccc2[nH]1. The molecule has 0 unspecified atom stereocenters. The standard InChI is InChI=1S/C21H19N3O3S/c1-13-18(28-14-9-11-22-12-10-14)8-7-15-19(13)24-21(23-15)27-20-16(25-2)5-4-6-17(20)26-3/h4-12H,1-3H3,(H,23,24). The quantitative estimate of drug-likeness (QED) is 0.484. The van der Waals surface area contributed by atoms with Crippen LogP contribution in [0, 0.1) is 6.92 Å². The van der Waals surface area contributed by atoms with Crippen LogP contribution in [0.1, 0.15) is 5.56 Å². The number of H-pyrrole nitrogens is 1. The molecule has 0 atom stereocenters. The number of nitrogens with zero attached hydrogens (tertiary/aromatic N) is 2. The zero-order valence-electron chi connectivity index (χ0n) is 15.7. The Hall–Kier alpha value is -3.19. The molecule has 0 aliphatic rings. The molecule has 142 valence electrons. The summed E-state index contributed by atoms with van der Waals surface area (Å²) in [4.78, 5) is 14.2. The van der Waals surface area contributed by atoms with Gasteiger partial charge in [-0.15, -0.1) is 0 Å². The first-order valence-corrected chi connectivity index (χ1v) is 9.47. The molecule has 0 saturated heterocycles. The highest BCUT2D eigenvalue weighted by Crippen LogP contribution is 2.40. The summed E-state index contributed by atoms with van der Waals surface area (Å²) >= 11 is 1.68. The Morgan fingerprint density at radius 3 is 2.32 bits per heavy atom. The van der Waals surface area contributed by atoms with E-state index in [-0.39, 0.29) is 0 Å². The van der Waals surface area contributed by atoms with Crippen molar-refractivity contribution in [3.63, 3.8) is 0 Å². The molecule has 2 aromatic carbocycles. The Labute approximate surface area is 166 Å². The molecule has 6 nitrogen and oxygen atoms in total. The largest absolute Gasteiger partial charge is 0.493 e. The molecule has 0 aliphatic carbocycles. The van der Waals surface area contributed by atoms with Crippen LogP contribution in [-0.4, -0.2) is 29.2 Å². The number of para-hydroxylation sites is 1. The Kier molecular flexibility index (Phi) is 5.08. The van der Waals surface area contributed by atoms with Gasteiger partial charge < -0.3 is 19.2 Å². The number of rotatable bonds is 6. The summed E-state index contributed by atoms with van der Waals surface area (Å²) in [6.07, 6.45) is 3.58. The van der Waals surface area contributed by atoms with Crippen molar-refractivity contribution >= 4 is 22.8 Å². The third-order valence-corrected chi connectivity index (χ3v) is 5.47. The Bertz CT molecular complexity index is 1090. The van der Waals surface area contributed by atoms with Gasteiger partial charge in [-0.1, -0.05) is 17.8 Å². The summed E-state index contributed by atoms with van der Waals surface area (Å²) in [5.74, 6) is 1.63. The molecule has 2 heterocycles. The highest BCUT2D eigenvalue weighted by Gasteiger charge is 2.16. The van der Waals surface area contributed by atoms with E-state index in [0.717, 1.165) is 26.4 Å². The maximum Gasteiger partial charge on any atom is 0.300 e. The van der Waals surface area contributed by atoms with Crippen molar-refractivity contribution in [3.05, 3.63) is 60.4 Å². The second-order valence-electron chi connectivity index (χ2n) is 6.01. The molecule has 2 aromatic heterocycles. The molecule has 0 spiro atoms. The van der Waals surface area contributed by atoms with Crippen LogP contribution in [0.15, 0.2) is 64.6 Å². The molecule has 0 radical (unpaired) electrons. The van der Waals surface area contributed by atoms with E-state index >= 15 is 0 Å². The molecule has 0 amide bonds. The van der Waals surface area contributed by atoms with Gasteiger partial charge >= 0.3 is 0 Å². The number of nitrogens with one attached hydrogen (secondary N) is 1. The van der Waals surface area contributed by atoms with Gasteiger partial charge in [0.25, 0.3) is 6.01 Å². The Morgan fingerprint density at radius 2 is 1.64 bits per heavy atom. The minimum Gasteiger partial charge on any atom is -0.493 e. The van der Waals surface area contributed by atoms with Crippen LogP contribution in [0.4, 0.5) is 0 Å². The third-order valence-electron chi connectivity index (χ3n) is 4.30. The van der Waals surface area contributed by atoms with E-state index in [0.29, 0.717) is 23.3 Å². The molecule has 0 saturated carbocycles. The maximum absolute atomic E-state index is 5.99. The minimum atomic E-state index is 0.381. The lowest BCUT2D eigenvalue weighted by Gasteiger charge is -2.11. The smallest absolute Gasteiger partial charge is 0.300 e. The average molecular weight is 393 g/mol. The van der Waals surface area contributed by atoms with Crippen molar-refractivity contribution in [3.8, 4) is 23.3 Å². The average Bonchev–Trinajstić information content (AvgIpc) is 3.14. The van der Waals surface area contributed by atoms with Gasteiger partial charge in [0.2, 0.25) is 5.75 Å². The minimum absolute atomic E-state index is 0.381. The predicted octanol–water partition coefficient (Wildman–Crippen LogP) is 5.23. The van der Waals surface area contributed by atoms with E-state index in [1.54, 1.807) is 38.4 Å². The van der Waals surface area contributed by atoms with Crippen LogP contribution in [0.25, 0.3) is 11.0 Å². The van der Waals surface area contributed by atoms with Gasteiger partial charge in [-0.2, -0.15) is 4.98 Å². The number of imidazole rings is 1. The first-order valence-electron chi connectivity index (χ1n) is 8.65. The monoisotopic (exact) mass is 393 g/mol. The van der Waals surface area contributed by atoms with Crippen molar-refractivity contribution in [2.75, 3.05) is 14.2 Å². The first-order chi connectivity index (χ1) is 13.7. The fraction of sp³-hybridized carbons (Fsp3) is 0.143. The Balaban J connectivity index is 1.68. The molecule has 1 N–H and O–H groups in total. The summed E-state index contributed by atoms with van der Waals surface area (Å²) in [5.41, 5.74) is 2.85. The topological polar surface area (TPSA) is 69.3 Å². The molecular weight excluding hydrogens is 374 g/mol. The molecule has 4 rings (SSSR count). The third kappa shape index (κ3) is 3.48. The van der Waals surface area contributed by atoms with Gasteiger partial charge in [-0.05, 0) is 48.9 Å². The summed E-state index contributed by atoms with van der Waals surface area (Å²) in [7, 11) is 3.18. The summed E-state index contributed by atoms with van der Waals surface area (Å²) in [6, 6.07) is 13.9. The van der Waals surface area contributed by atoms with Crippen LogP contribution in [-0.2, 0) is 0 Å². The molecule has 0 fully saturated rings. The van der Waals surface area contributed by atoms with Crippen LogP contribution in [0.2, 0.25) is 0 Å². The highest BCUT2D eigenvalue weighted by atomic mass is 32.2. The van der Waals surface area contributed by atoms with Gasteiger partial charge in [-0.25, -0.2) is 0 Å². The number of methoxy groups -OCH3 is 2. The van der Waals surface area contributed by atoms with E-state index in [9.17, 15) is 0 Å². The van der Waals surface area contributed by atoms with E-state index < -0.39 is 0 Å². The van der Waals surface area contributed by atoms with Crippen LogP contribution >= 0.6 is 11.8 Å². The number of pyridine rings is 1. The van der Waals surface area contributed by atoms with Gasteiger partial charge in [0.15, 0.2) is 11.5 Å². The van der Waals surface area contributed by atoms with Gasteiger partial charge in [-0.3, -0.25) is 4.98 Å². The van der Waals surface area contributed by atoms with Crippen LogP contribution < -0.4 is 14.2 Å². The number of benzene rings is 2. The molecule has 7 heteroatoms. The second-order valence-corrected chi connectivity index (χ2v) is 7.12. The number of aromatic nitrogens is 3. The summed E-state index contributed by atoms with van der Waals surface area (Å²) in [5, 5.41) is 0. The van der Waals surface area contributed by atoms with E-state index in [1.165, 1.54) is 0 Å². The number of ether oxygens (including phenoxy) is 3. The molecule has 0 aliphatic heterocycles. The lowest BCUT2D eigenvalue weighted by atomic mass is 10.2. The van der Waals surface area contributed by atoms with Crippen molar-refractivity contribution in [1.82, 2.24) is 15.0 Å². The lowest BCUT2D eigenvalue weighted by Crippen LogP contribution is -1.95. The fourth-order valence-electron chi connectivity index (χ4n) is 2.88. The van der Waals surface area contributed by atoms with Crippen molar-refractivity contribution in [1.29, 1.82) is 0 Å². The molecular formula is C21H19N3O3S. The number of aromatic amines is 1. The zero-order valence-corrected chi connectivity index (χ0v) is 16.5. The van der Waals surface area contributed by atoms with Crippen molar-refractivity contribution in [2.45, 2.75) is 16.7 Å².